The van der Waals surface area contributed by atoms with Gasteiger partial charge in [0, 0.05) is 10.0 Å². The third kappa shape index (κ3) is 5.12. The molecule has 0 aliphatic rings. The van der Waals surface area contributed by atoms with E-state index < -0.39 is 5.91 Å². The van der Waals surface area contributed by atoms with Crippen molar-refractivity contribution >= 4 is 39.6 Å². The number of amides is 2. The molecule has 134 valence electrons. The number of nitrogens with zero attached hydrogens (tertiary/aromatic N) is 1. The second kappa shape index (κ2) is 8.91. The van der Waals surface area contributed by atoms with Crippen molar-refractivity contribution in [2.24, 2.45) is 5.10 Å². The highest BCUT2D eigenvalue weighted by atomic mass is 79.9. The Morgan fingerprint density at radius 3 is 2.37 bits per heavy atom. The number of hydrogen-bond acceptors (Lipinski definition) is 3. The van der Waals surface area contributed by atoms with Crippen LogP contribution in [0.15, 0.2) is 88.4 Å². The summed E-state index contributed by atoms with van der Waals surface area (Å²) in [5.41, 5.74) is 4.58. The molecule has 0 heterocycles. The Bertz CT molecular complexity index is 987. The first-order chi connectivity index (χ1) is 13.1. The summed E-state index contributed by atoms with van der Waals surface area (Å²) in [6.07, 6.45) is 1.56. The average Bonchev–Trinajstić information content (AvgIpc) is 2.69. The van der Waals surface area contributed by atoms with E-state index in [0.717, 1.165) is 10.0 Å². The molecule has 0 aromatic heterocycles. The van der Waals surface area contributed by atoms with Gasteiger partial charge in [0.2, 0.25) is 0 Å². The molecule has 2 amide bonds. The zero-order chi connectivity index (χ0) is 19.1. The van der Waals surface area contributed by atoms with Crippen molar-refractivity contribution in [1.29, 1.82) is 0 Å². The molecule has 0 spiro atoms. The van der Waals surface area contributed by atoms with Gasteiger partial charge < -0.3 is 5.32 Å². The lowest BCUT2D eigenvalue weighted by Gasteiger charge is -2.10. The van der Waals surface area contributed by atoms with Gasteiger partial charge in [-0.05, 0) is 35.9 Å². The van der Waals surface area contributed by atoms with Crippen molar-refractivity contribution in [2.45, 2.75) is 0 Å². The molecule has 0 bridgehead atoms. The lowest BCUT2D eigenvalue weighted by atomic mass is 10.1. The van der Waals surface area contributed by atoms with Crippen LogP contribution >= 0.6 is 15.9 Å². The van der Waals surface area contributed by atoms with Gasteiger partial charge in [0.25, 0.3) is 11.8 Å². The third-order valence-corrected chi connectivity index (χ3v) is 4.18. The SMILES string of the molecule is O=C(Nc1ccccc1C(=O)N/N=C\c1ccccc1)c1cccc(Br)c1. The first-order valence-corrected chi connectivity index (χ1v) is 8.97. The van der Waals surface area contributed by atoms with Crippen LogP contribution in [0.4, 0.5) is 5.69 Å². The van der Waals surface area contributed by atoms with Gasteiger partial charge in [-0.1, -0.05) is 64.5 Å². The molecular weight excluding hydrogens is 406 g/mol. The fourth-order valence-corrected chi connectivity index (χ4v) is 2.78. The summed E-state index contributed by atoms with van der Waals surface area (Å²) in [6.45, 7) is 0. The molecule has 0 fully saturated rings. The molecule has 3 aromatic carbocycles. The van der Waals surface area contributed by atoms with Crippen LogP contribution in [0.2, 0.25) is 0 Å². The number of carbonyl (C=O) groups excluding carboxylic acids is 2. The van der Waals surface area contributed by atoms with Crippen LogP contribution in [0.5, 0.6) is 0 Å². The van der Waals surface area contributed by atoms with Gasteiger partial charge in [-0.3, -0.25) is 9.59 Å². The molecule has 0 saturated carbocycles. The summed E-state index contributed by atoms with van der Waals surface area (Å²) >= 11 is 3.34. The van der Waals surface area contributed by atoms with E-state index in [-0.39, 0.29) is 5.91 Å². The molecule has 0 saturated heterocycles. The number of para-hydroxylation sites is 1. The lowest BCUT2D eigenvalue weighted by Crippen LogP contribution is -2.21. The van der Waals surface area contributed by atoms with Crippen molar-refractivity contribution < 1.29 is 9.59 Å². The van der Waals surface area contributed by atoms with Crippen molar-refractivity contribution in [3.8, 4) is 0 Å². The number of hydrogen-bond donors (Lipinski definition) is 2. The molecule has 3 aromatic rings. The van der Waals surface area contributed by atoms with E-state index >= 15 is 0 Å². The highest BCUT2D eigenvalue weighted by Gasteiger charge is 2.13. The van der Waals surface area contributed by atoms with E-state index in [0.29, 0.717) is 16.8 Å². The Morgan fingerprint density at radius 2 is 1.59 bits per heavy atom. The van der Waals surface area contributed by atoms with Crippen LogP contribution in [0.3, 0.4) is 0 Å². The maximum Gasteiger partial charge on any atom is 0.273 e. The van der Waals surface area contributed by atoms with Gasteiger partial charge in [0.05, 0.1) is 17.5 Å². The Labute approximate surface area is 165 Å². The molecule has 27 heavy (non-hydrogen) atoms. The van der Waals surface area contributed by atoms with Gasteiger partial charge in [0.1, 0.15) is 0 Å². The fraction of sp³-hybridized carbons (Fsp3) is 0. The minimum absolute atomic E-state index is 0.302. The monoisotopic (exact) mass is 421 g/mol. The van der Waals surface area contributed by atoms with Crippen molar-refractivity contribution in [1.82, 2.24) is 5.43 Å². The van der Waals surface area contributed by atoms with Crippen LogP contribution in [0, 0.1) is 0 Å². The third-order valence-electron chi connectivity index (χ3n) is 3.69. The molecule has 0 radical (unpaired) electrons. The summed E-state index contributed by atoms with van der Waals surface area (Å²) < 4.78 is 0.802. The lowest BCUT2D eigenvalue weighted by molar-refractivity contribution is 0.0956. The average molecular weight is 422 g/mol. The quantitative estimate of drug-likeness (QED) is 0.471. The molecule has 0 aliphatic heterocycles. The van der Waals surface area contributed by atoms with Crippen LogP contribution < -0.4 is 10.7 Å². The number of anilines is 1. The number of hydrazone groups is 1. The standard InChI is InChI=1S/C21H16BrN3O2/c22-17-10-6-9-16(13-17)20(26)24-19-12-5-4-11-18(19)21(27)25-23-14-15-7-2-1-3-8-15/h1-14H,(H,24,26)(H,25,27)/b23-14-. The smallest absolute Gasteiger partial charge is 0.273 e. The molecule has 0 aliphatic carbocycles. The minimum atomic E-state index is -0.410. The van der Waals surface area contributed by atoms with Crippen LogP contribution in [-0.4, -0.2) is 18.0 Å². The van der Waals surface area contributed by atoms with Crippen LogP contribution in [-0.2, 0) is 0 Å². The number of halogens is 1. The summed E-state index contributed by atoms with van der Waals surface area (Å²) in [6, 6.07) is 23.2. The second-order valence-electron chi connectivity index (χ2n) is 5.62. The van der Waals surface area contributed by atoms with Crippen molar-refractivity contribution in [3.63, 3.8) is 0 Å². The van der Waals surface area contributed by atoms with Gasteiger partial charge >= 0.3 is 0 Å². The highest BCUT2D eigenvalue weighted by molar-refractivity contribution is 9.10. The number of rotatable bonds is 5. The fourth-order valence-electron chi connectivity index (χ4n) is 2.38. The van der Waals surface area contributed by atoms with Crippen molar-refractivity contribution in [3.05, 3.63) is 100 Å². The maximum atomic E-state index is 12.4. The van der Waals surface area contributed by atoms with Crippen LogP contribution in [0.1, 0.15) is 26.3 Å². The van der Waals surface area contributed by atoms with E-state index in [1.54, 1.807) is 48.7 Å². The second-order valence-corrected chi connectivity index (χ2v) is 6.54. The van der Waals surface area contributed by atoms with Gasteiger partial charge in [-0.25, -0.2) is 5.43 Å². The molecule has 2 N–H and O–H groups in total. The molecule has 3 rings (SSSR count). The molecule has 0 unspecified atom stereocenters. The summed E-state index contributed by atoms with van der Waals surface area (Å²) in [7, 11) is 0. The summed E-state index contributed by atoms with van der Waals surface area (Å²) in [5, 5.41) is 6.74. The molecule has 0 atom stereocenters. The minimum Gasteiger partial charge on any atom is -0.321 e. The number of benzene rings is 3. The zero-order valence-corrected chi connectivity index (χ0v) is 15.8. The van der Waals surface area contributed by atoms with Crippen LogP contribution in [0.25, 0.3) is 0 Å². The first kappa shape index (κ1) is 18.5. The summed E-state index contributed by atoms with van der Waals surface area (Å²) in [4.78, 5) is 24.9. The predicted molar refractivity (Wildman–Crippen MR) is 110 cm³/mol. The first-order valence-electron chi connectivity index (χ1n) is 8.18. The Balaban J connectivity index is 1.72. The van der Waals surface area contributed by atoms with E-state index in [2.05, 4.69) is 31.8 Å². The Hall–Kier alpha value is -3.25. The normalized spacial score (nSPS) is 10.6. The Morgan fingerprint density at radius 1 is 0.852 bits per heavy atom. The maximum absolute atomic E-state index is 12.4. The number of nitrogens with one attached hydrogen (secondary N) is 2. The highest BCUT2D eigenvalue weighted by Crippen LogP contribution is 2.18. The van der Waals surface area contributed by atoms with Gasteiger partial charge in [-0.2, -0.15) is 5.10 Å². The van der Waals surface area contributed by atoms with Crippen molar-refractivity contribution in [2.75, 3.05) is 5.32 Å². The van der Waals surface area contributed by atoms with Gasteiger partial charge in [-0.15, -0.1) is 0 Å². The Kier molecular flexibility index (Phi) is 6.12. The van der Waals surface area contributed by atoms with E-state index in [9.17, 15) is 9.59 Å². The van der Waals surface area contributed by atoms with E-state index in [1.165, 1.54) is 0 Å². The van der Waals surface area contributed by atoms with Gasteiger partial charge in [0.15, 0.2) is 0 Å². The predicted octanol–water partition coefficient (Wildman–Crippen LogP) is 4.47. The van der Waals surface area contributed by atoms with E-state index in [1.807, 2.05) is 36.4 Å². The molecular formula is C21H16BrN3O2. The van der Waals surface area contributed by atoms with E-state index in [4.69, 9.17) is 0 Å². The topological polar surface area (TPSA) is 70.6 Å². The zero-order valence-electron chi connectivity index (χ0n) is 14.2. The molecule has 6 heteroatoms. The largest absolute Gasteiger partial charge is 0.321 e. The summed E-state index contributed by atoms with van der Waals surface area (Å²) in [5.74, 6) is -0.711. The molecule has 5 nitrogen and oxygen atoms in total. The number of carbonyl (C=O) groups is 2.